The smallest absolute Gasteiger partial charge is 0.240 e. The molecule has 4 heteroatoms. The number of nitrogens with one attached hydrogen (secondary N) is 1. The van der Waals surface area contributed by atoms with Gasteiger partial charge in [-0.1, -0.05) is 19.8 Å². The van der Waals surface area contributed by atoms with Crippen molar-refractivity contribution in [2.24, 2.45) is 11.7 Å². The third-order valence-corrected chi connectivity index (χ3v) is 3.96. The van der Waals surface area contributed by atoms with Crippen molar-refractivity contribution in [1.29, 1.82) is 0 Å². The van der Waals surface area contributed by atoms with Crippen LogP contribution in [0.1, 0.15) is 53.4 Å². The van der Waals surface area contributed by atoms with Gasteiger partial charge in [-0.3, -0.25) is 4.79 Å². The number of aliphatic hydroxyl groups excluding tert-OH is 1. The van der Waals surface area contributed by atoms with E-state index >= 15 is 0 Å². The van der Waals surface area contributed by atoms with E-state index in [1.54, 1.807) is 6.92 Å². The lowest BCUT2D eigenvalue weighted by Crippen LogP contribution is -2.62. The van der Waals surface area contributed by atoms with Crippen LogP contribution in [0.2, 0.25) is 0 Å². The van der Waals surface area contributed by atoms with Crippen molar-refractivity contribution in [2.45, 2.75) is 70.6 Å². The van der Waals surface area contributed by atoms with Crippen LogP contribution in [0.15, 0.2) is 0 Å². The molecule has 1 aliphatic rings. The molecule has 0 aromatic carbocycles. The molecule has 0 saturated heterocycles. The standard InChI is InChI=1S/C13H26N2O2/c1-9-6-5-7-13(14,8-9)11(17)15-12(3,4)10(2)16/h9-10,16H,5-8,14H2,1-4H3,(H,15,17). The molecule has 17 heavy (non-hydrogen) atoms. The second-order valence-corrected chi connectivity index (χ2v) is 6.21. The van der Waals surface area contributed by atoms with Gasteiger partial charge in [0.15, 0.2) is 0 Å². The Morgan fingerprint density at radius 2 is 2.18 bits per heavy atom. The van der Waals surface area contributed by atoms with Crippen molar-refractivity contribution < 1.29 is 9.90 Å². The van der Waals surface area contributed by atoms with Gasteiger partial charge in [0, 0.05) is 0 Å². The molecule has 0 heterocycles. The van der Waals surface area contributed by atoms with Crippen LogP contribution >= 0.6 is 0 Å². The third kappa shape index (κ3) is 3.42. The van der Waals surface area contributed by atoms with E-state index in [-0.39, 0.29) is 5.91 Å². The van der Waals surface area contributed by atoms with Crippen LogP contribution in [-0.2, 0) is 4.79 Å². The first-order valence-corrected chi connectivity index (χ1v) is 6.47. The van der Waals surface area contributed by atoms with Gasteiger partial charge in [-0.15, -0.1) is 0 Å². The number of rotatable bonds is 3. The summed E-state index contributed by atoms with van der Waals surface area (Å²) in [7, 11) is 0. The summed E-state index contributed by atoms with van der Waals surface area (Å²) in [5, 5.41) is 12.5. The molecule has 1 saturated carbocycles. The van der Waals surface area contributed by atoms with Gasteiger partial charge in [-0.2, -0.15) is 0 Å². The number of carbonyl (C=O) groups excluding carboxylic acids is 1. The van der Waals surface area contributed by atoms with Gasteiger partial charge < -0.3 is 16.2 Å². The maximum absolute atomic E-state index is 12.2. The fourth-order valence-corrected chi connectivity index (χ4v) is 2.32. The summed E-state index contributed by atoms with van der Waals surface area (Å²) >= 11 is 0. The topological polar surface area (TPSA) is 75.4 Å². The van der Waals surface area contributed by atoms with E-state index in [0.29, 0.717) is 5.92 Å². The summed E-state index contributed by atoms with van der Waals surface area (Å²) in [5.74, 6) is 0.365. The number of amides is 1. The van der Waals surface area contributed by atoms with Gasteiger partial charge in [0.1, 0.15) is 0 Å². The Hall–Kier alpha value is -0.610. The van der Waals surface area contributed by atoms with Crippen LogP contribution in [0, 0.1) is 5.92 Å². The Bertz CT molecular complexity index is 289. The monoisotopic (exact) mass is 242 g/mol. The maximum Gasteiger partial charge on any atom is 0.240 e. The molecular formula is C13H26N2O2. The van der Waals surface area contributed by atoms with Crippen molar-refractivity contribution in [3.8, 4) is 0 Å². The molecule has 1 rings (SSSR count). The summed E-state index contributed by atoms with van der Waals surface area (Å²) in [5.41, 5.74) is 4.81. The quantitative estimate of drug-likeness (QED) is 0.695. The Kier molecular flexibility index (Phi) is 4.20. The van der Waals surface area contributed by atoms with E-state index in [9.17, 15) is 9.90 Å². The molecule has 0 radical (unpaired) electrons. The average Bonchev–Trinajstić information content (AvgIpc) is 2.16. The molecule has 0 aromatic heterocycles. The van der Waals surface area contributed by atoms with Crippen molar-refractivity contribution in [3.05, 3.63) is 0 Å². The minimum atomic E-state index is -0.760. The van der Waals surface area contributed by atoms with Crippen molar-refractivity contribution in [3.63, 3.8) is 0 Å². The number of aliphatic hydroxyl groups is 1. The second-order valence-electron chi connectivity index (χ2n) is 6.21. The SMILES string of the molecule is CC1CCCC(N)(C(=O)NC(C)(C)C(C)O)C1. The molecule has 0 aromatic rings. The molecule has 4 N–H and O–H groups in total. The van der Waals surface area contributed by atoms with Crippen LogP contribution in [0.4, 0.5) is 0 Å². The molecule has 1 aliphatic carbocycles. The van der Waals surface area contributed by atoms with E-state index < -0.39 is 17.2 Å². The van der Waals surface area contributed by atoms with Crippen LogP contribution in [-0.4, -0.2) is 28.2 Å². The predicted octanol–water partition coefficient (Wildman–Crippen LogP) is 1.17. The van der Waals surface area contributed by atoms with E-state index in [0.717, 1.165) is 25.7 Å². The number of hydrogen-bond donors (Lipinski definition) is 3. The first-order valence-electron chi connectivity index (χ1n) is 6.47. The van der Waals surface area contributed by atoms with Gasteiger partial charge in [0.25, 0.3) is 0 Å². The zero-order valence-electron chi connectivity index (χ0n) is 11.4. The highest BCUT2D eigenvalue weighted by Crippen LogP contribution is 2.31. The van der Waals surface area contributed by atoms with Gasteiger partial charge >= 0.3 is 0 Å². The number of carbonyl (C=O) groups is 1. The van der Waals surface area contributed by atoms with Gasteiger partial charge in [0.05, 0.1) is 17.2 Å². The first-order chi connectivity index (χ1) is 7.67. The summed E-state index contributed by atoms with van der Waals surface area (Å²) in [6.45, 7) is 7.43. The second kappa shape index (κ2) is 4.94. The zero-order valence-corrected chi connectivity index (χ0v) is 11.4. The van der Waals surface area contributed by atoms with Crippen molar-refractivity contribution in [1.82, 2.24) is 5.32 Å². The first kappa shape index (κ1) is 14.5. The predicted molar refractivity (Wildman–Crippen MR) is 68.5 cm³/mol. The Morgan fingerprint density at radius 3 is 2.65 bits per heavy atom. The summed E-state index contributed by atoms with van der Waals surface area (Å²) in [4.78, 5) is 12.2. The van der Waals surface area contributed by atoms with Crippen LogP contribution in [0.3, 0.4) is 0 Å². The molecule has 0 bridgehead atoms. The average molecular weight is 242 g/mol. The molecule has 4 nitrogen and oxygen atoms in total. The minimum Gasteiger partial charge on any atom is -0.391 e. The largest absolute Gasteiger partial charge is 0.391 e. The summed E-state index contributed by atoms with van der Waals surface area (Å²) in [6.07, 6.45) is 3.01. The highest BCUT2D eigenvalue weighted by atomic mass is 16.3. The van der Waals surface area contributed by atoms with Crippen molar-refractivity contribution >= 4 is 5.91 Å². The van der Waals surface area contributed by atoms with Gasteiger partial charge in [-0.25, -0.2) is 0 Å². The fraction of sp³-hybridized carbons (Fsp3) is 0.923. The van der Waals surface area contributed by atoms with Gasteiger partial charge in [-0.05, 0) is 39.5 Å². The summed E-state index contributed by atoms with van der Waals surface area (Å²) < 4.78 is 0. The lowest BCUT2D eigenvalue weighted by molar-refractivity contribution is -0.131. The maximum atomic E-state index is 12.2. The Morgan fingerprint density at radius 1 is 1.59 bits per heavy atom. The highest BCUT2D eigenvalue weighted by Gasteiger charge is 2.40. The summed E-state index contributed by atoms with van der Waals surface area (Å²) in [6, 6.07) is 0. The number of hydrogen-bond acceptors (Lipinski definition) is 3. The molecular weight excluding hydrogens is 216 g/mol. The van der Waals surface area contributed by atoms with Crippen molar-refractivity contribution in [2.75, 3.05) is 0 Å². The van der Waals surface area contributed by atoms with Crippen LogP contribution < -0.4 is 11.1 Å². The fourth-order valence-electron chi connectivity index (χ4n) is 2.32. The molecule has 0 spiro atoms. The van der Waals surface area contributed by atoms with Gasteiger partial charge in [0.2, 0.25) is 5.91 Å². The third-order valence-electron chi connectivity index (χ3n) is 3.96. The Labute approximate surface area is 104 Å². The minimum absolute atomic E-state index is 0.130. The van der Waals surface area contributed by atoms with E-state index in [1.165, 1.54) is 0 Å². The lowest BCUT2D eigenvalue weighted by atomic mass is 9.76. The van der Waals surface area contributed by atoms with Crippen LogP contribution in [0.25, 0.3) is 0 Å². The molecule has 1 fully saturated rings. The molecule has 100 valence electrons. The van der Waals surface area contributed by atoms with Crippen LogP contribution in [0.5, 0.6) is 0 Å². The van der Waals surface area contributed by atoms with E-state index in [2.05, 4.69) is 12.2 Å². The van der Waals surface area contributed by atoms with E-state index in [4.69, 9.17) is 5.73 Å². The number of nitrogens with two attached hydrogens (primary N) is 1. The highest BCUT2D eigenvalue weighted by molar-refractivity contribution is 5.86. The molecule has 0 aliphatic heterocycles. The normalized spacial score (nSPS) is 32.0. The van der Waals surface area contributed by atoms with E-state index in [1.807, 2.05) is 13.8 Å². The molecule has 1 amide bonds. The molecule has 3 atom stereocenters. The molecule has 3 unspecified atom stereocenters. The Balaban J connectivity index is 2.69. The lowest BCUT2D eigenvalue weighted by Gasteiger charge is -2.39. The zero-order chi connectivity index (χ0) is 13.3.